The predicted octanol–water partition coefficient (Wildman–Crippen LogP) is 4.57. The molecule has 0 saturated heterocycles. The van der Waals surface area contributed by atoms with E-state index in [4.69, 9.17) is 0 Å². The second-order valence-electron chi connectivity index (χ2n) is 4.59. The van der Waals surface area contributed by atoms with Gasteiger partial charge in [0.15, 0.2) is 0 Å². The van der Waals surface area contributed by atoms with Gasteiger partial charge in [-0.05, 0) is 41.3 Å². The van der Waals surface area contributed by atoms with Gasteiger partial charge in [0.05, 0.1) is 0 Å². The van der Waals surface area contributed by atoms with Crippen LogP contribution in [-0.4, -0.2) is 0 Å². The van der Waals surface area contributed by atoms with Gasteiger partial charge in [0.1, 0.15) is 0 Å². The van der Waals surface area contributed by atoms with Crippen molar-refractivity contribution < 1.29 is 0 Å². The van der Waals surface area contributed by atoms with Gasteiger partial charge in [-0.25, -0.2) is 0 Å². The van der Waals surface area contributed by atoms with E-state index in [9.17, 15) is 0 Å². The number of rotatable bonds is 5. The third-order valence-electron chi connectivity index (χ3n) is 3.19. The summed E-state index contributed by atoms with van der Waals surface area (Å²) in [6, 6.07) is 6.45. The van der Waals surface area contributed by atoms with Crippen LogP contribution < -0.4 is 5.32 Å². The second-order valence-corrected chi connectivity index (χ2v) is 4.59. The Hall–Kier alpha value is -1.50. The van der Waals surface area contributed by atoms with Crippen LogP contribution in [-0.2, 0) is 5.41 Å². The van der Waals surface area contributed by atoms with Crippen LogP contribution in [0.25, 0.3) is 6.08 Å². The lowest BCUT2D eigenvalue weighted by Crippen LogP contribution is -2.15. The highest BCUT2D eigenvalue weighted by Crippen LogP contribution is 2.30. The van der Waals surface area contributed by atoms with E-state index < -0.39 is 0 Å². The molecule has 1 rings (SSSR count). The summed E-state index contributed by atoms with van der Waals surface area (Å²) in [5.74, 6) is 0. The molecule has 0 atom stereocenters. The van der Waals surface area contributed by atoms with Crippen molar-refractivity contribution in [2.45, 2.75) is 32.6 Å². The maximum absolute atomic E-state index is 3.85. The third-order valence-corrected chi connectivity index (χ3v) is 3.19. The molecular formula is C15H21N. The monoisotopic (exact) mass is 215 g/mol. The van der Waals surface area contributed by atoms with E-state index >= 15 is 0 Å². The average Bonchev–Trinajstić information content (AvgIpc) is 2.29. The Labute approximate surface area is 98.9 Å². The number of anilines is 1. The van der Waals surface area contributed by atoms with E-state index in [1.165, 1.54) is 5.56 Å². The molecule has 1 aromatic carbocycles. The zero-order chi connectivity index (χ0) is 12.2. The highest BCUT2D eigenvalue weighted by Gasteiger charge is 2.18. The van der Waals surface area contributed by atoms with Crippen molar-refractivity contribution in [3.05, 3.63) is 48.7 Å². The van der Waals surface area contributed by atoms with Gasteiger partial charge in [0.2, 0.25) is 0 Å². The summed E-state index contributed by atoms with van der Waals surface area (Å²) in [5.41, 5.74) is 3.74. The number of hydrogen-bond acceptors (Lipinski definition) is 1. The lowest BCUT2D eigenvalue weighted by atomic mass is 9.81. The highest BCUT2D eigenvalue weighted by molar-refractivity contribution is 5.67. The Morgan fingerprint density at radius 1 is 1.31 bits per heavy atom. The van der Waals surface area contributed by atoms with Crippen LogP contribution >= 0.6 is 0 Å². The zero-order valence-corrected chi connectivity index (χ0v) is 10.5. The van der Waals surface area contributed by atoms with Crippen LogP contribution in [0.1, 0.15) is 38.3 Å². The Kier molecular flexibility index (Phi) is 3.94. The largest absolute Gasteiger partial charge is 0.362 e. The fraction of sp³-hybridized carbons (Fsp3) is 0.333. The maximum atomic E-state index is 3.85. The molecule has 0 saturated carbocycles. The summed E-state index contributed by atoms with van der Waals surface area (Å²) in [7, 11) is 0. The van der Waals surface area contributed by atoms with Gasteiger partial charge < -0.3 is 5.32 Å². The molecule has 0 fully saturated rings. The van der Waals surface area contributed by atoms with Crippen LogP contribution in [0.2, 0.25) is 0 Å². The minimum Gasteiger partial charge on any atom is -0.362 e. The lowest BCUT2D eigenvalue weighted by Gasteiger charge is -2.24. The van der Waals surface area contributed by atoms with E-state index in [1.54, 1.807) is 6.20 Å². The van der Waals surface area contributed by atoms with Crippen molar-refractivity contribution in [2.24, 2.45) is 0 Å². The van der Waals surface area contributed by atoms with Crippen molar-refractivity contribution in [2.75, 3.05) is 5.32 Å². The van der Waals surface area contributed by atoms with Crippen LogP contribution in [0.3, 0.4) is 0 Å². The number of benzene rings is 1. The molecule has 1 aromatic rings. The molecule has 1 N–H and O–H groups in total. The van der Waals surface area contributed by atoms with Crippen molar-refractivity contribution in [1.29, 1.82) is 0 Å². The average molecular weight is 215 g/mol. The van der Waals surface area contributed by atoms with E-state index in [0.29, 0.717) is 0 Å². The van der Waals surface area contributed by atoms with Crippen LogP contribution in [0, 0.1) is 0 Å². The molecule has 0 aliphatic heterocycles. The fourth-order valence-electron chi connectivity index (χ4n) is 1.60. The maximum Gasteiger partial charge on any atom is 0.0453 e. The molecule has 86 valence electrons. The Bertz CT molecular complexity index is 388. The Morgan fingerprint density at radius 3 is 2.50 bits per heavy atom. The van der Waals surface area contributed by atoms with Gasteiger partial charge in [-0.3, -0.25) is 0 Å². The van der Waals surface area contributed by atoms with E-state index in [2.05, 4.69) is 57.4 Å². The van der Waals surface area contributed by atoms with Gasteiger partial charge in [-0.15, -0.1) is 0 Å². The molecule has 0 bridgehead atoms. The molecule has 1 heteroatoms. The van der Waals surface area contributed by atoms with Crippen molar-refractivity contribution in [1.82, 2.24) is 0 Å². The molecular weight excluding hydrogens is 194 g/mol. The molecule has 0 amide bonds. The van der Waals surface area contributed by atoms with Crippen LogP contribution in [0.4, 0.5) is 5.69 Å². The normalized spacial score (nSPS) is 10.9. The summed E-state index contributed by atoms with van der Waals surface area (Å²) in [6.07, 6.45) is 4.69. The summed E-state index contributed by atoms with van der Waals surface area (Å²) in [6.45, 7) is 14.3. The quantitative estimate of drug-likeness (QED) is 0.758. The van der Waals surface area contributed by atoms with Gasteiger partial charge >= 0.3 is 0 Å². The van der Waals surface area contributed by atoms with Gasteiger partial charge in [0, 0.05) is 5.69 Å². The minimum atomic E-state index is 0.213. The van der Waals surface area contributed by atoms with Crippen LogP contribution in [0.15, 0.2) is 37.6 Å². The molecule has 0 aromatic heterocycles. The number of nitrogens with one attached hydrogen (secondary N) is 1. The fourth-order valence-corrected chi connectivity index (χ4v) is 1.60. The smallest absolute Gasteiger partial charge is 0.0453 e. The summed E-state index contributed by atoms with van der Waals surface area (Å²) < 4.78 is 0. The summed E-state index contributed by atoms with van der Waals surface area (Å²) in [5, 5.41) is 3.12. The lowest BCUT2D eigenvalue weighted by molar-refractivity contribution is 0.506. The number of hydrogen-bond donors (Lipinski definition) is 1. The van der Waals surface area contributed by atoms with Gasteiger partial charge in [0.25, 0.3) is 0 Å². The first-order valence-electron chi connectivity index (χ1n) is 5.69. The zero-order valence-electron chi connectivity index (χ0n) is 10.5. The molecule has 0 unspecified atom stereocenters. The van der Waals surface area contributed by atoms with Crippen molar-refractivity contribution >= 4 is 11.8 Å². The molecule has 0 heterocycles. The summed E-state index contributed by atoms with van der Waals surface area (Å²) >= 11 is 0. The first-order chi connectivity index (χ1) is 7.55. The van der Waals surface area contributed by atoms with E-state index in [0.717, 1.165) is 17.7 Å². The van der Waals surface area contributed by atoms with Crippen molar-refractivity contribution in [3.63, 3.8) is 0 Å². The van der Waals surface area contributed by atoms with Crippen molar-refractivity contribution in [3.8, 4) is 0 Å². The highest BCUT2D eigenvalue weighted by atomic mass is 14.8. The molecule has 0 aliphatic rings. The molecule has 1 nitrogen and oxygen atoms in total. The molecule has 0 spiro atoms. The van der Waals surface area contributed by atoms with Gasteiger partial charge in [-0.1, -0.05) is 46.1 Å². The Morgan fingerprint density at radius 2 is 2.00 bits per heavy atom. The molecule has 0 radical (unpaired) electrons. The van der Waals surface area contributed by atoms with E-state index in [1.807, 2.05) is 6.08 Å². The third kappa shape index (κ3) is 2.54. The first-order valence-corrected chi connectivity index (χ1v) is 5.69. The van der Waals surface area contributed by atoms with Crippen LogP contribution in [0.5, 0.6) is 0 Å². The molecule has 16 heavy (non-hydrogen) atoms. The SMILES string of the molecule is C=CNc1ccc(C(C)(C)CC)cc1C=C. The first kappa shape index (κ1) is 12.6. The second kappa shape index (κ2) is 5.02. The Balaban J connectivity index is 3.18. The van der Waals surface area contributed by atoms with E-state index in [-0.39, 0.29) is 5.41 Å². The predicted molar refractivity (Wildman–Crippen MR) is 73.7 cm³/mol. The molecule has 0 aliphatic carbocycles. The van der Waals surface area contributed by atoms with Gasteiger partial charge in [-0.2, -0.15) is 0 Å². The summed E-state index contributed by atoms with van der Waals surface area (Å²) in [4.78, 5) is 0. The minimum absolute atomic E-state index is 0.213. The topological polar surface area (TPSA) is 12.0 Å². The standard InChI is InChI=1S/C15H21N/c1-6-12-11-13(15(4,5)7-2)9-10-14(12)16-8-3/h6,8-11,16H,1,3,7H2,2,4-5H3.